The van der Waals surface area contributed by atoms with Crippen LogP contribution in [0.25, 0.3) is 11.2 Å². The molecule has 10 heteroatoms. The third-order valence-electron chi connectivity index (χ3n) is 2.66. The third-order valence-corrected chi connectivity index (χ3v) is 2.66. The zero-order valence-electron chi connectivity index (χ0n) is 9.97. The van der Waals surface area contributed by atoms with Crippen LogP contribution in [0.2, 0.25) is 0 Å². The lowest BCUT2D eigenvalue weighted by molar-refractivity contribution is -0.283. The number of halogens is 6. The molecule has 20 heavy (non-hydrogen) atoms. The number of fused-ring (bicyclic) bond motifs is 1. The highest BCUT2D eigenvalue weighted by atomic mass is 19.4. The van der Waals surface area contributed by atoms with E-state index in [4.69, 9.17) is 0 Å². The minimum atomic E-state index is -5.40. The molecule has 2 heterocycles. The maximum Gasteiger partial charge on any atom is 0.400 e. The van der Waals surface area contributed by atoms with E-state index >= 15 is 0 Å². The van der Waals surface area contributed by atoms with Gasteiger partial charge in [0.05, 0.1) is 5.69 Å². The Hall–Kier alpha value is -1.87. The van der Waals surface area contributed by atoms with Crippen LogP contribution < -0.4 is 0 Å². The number of nitrogens with one attached hydrogen (secondary N) is 1. The fourth-order valence-electron chi connectivity index (χ4n) is 1.75. The Morgan fingerprint density at radius 2 is 1.70 bits per heavy atom. The second-order valence-corrected chi connectivity index (χ2v) is 4.18. The van der Waals surface area contributed by atoms with E-state index in [0.29, 0.717) is 5.82 Å². The zero-order chi connectivity index (χ0) is 15.1. The lowest BCUT2D eigenvalue weighted by Crippen LogP contribution is -2.38. The van der Waals surface area contributed by atoms with Gasteiger partial charge in [0, 0.05) is 6.42 Å². The number of aromatic nitrogens is 4. The average molecular weight is 298 g/mol. The van der Waals surface area contributed by atoms with Gasteiger partial charge in [-0.05, 0) is 6.92 Å². The molecule has 0 fully saturated rings. The van der Waals surface area contributed by atoms with E-state index in [9.17, 15) is 26.3 Å². The number of rotatable bonds is 2. The van der Waals surface area contributed by atoms with Crippen molar-refractivity contribution in [3.05, 3.63) is 17.8 Å². The number of aryl methyl sites for hydroxylation is 1. The van der Waals surface area contributed by atoms with Crippen LogP contribution in [-0.2, 0) is 6.42 Å². The van der Waals surface area contributed by atoms with Crippen LogP contribution in [0.3, 0.4) is 0 Å². The Kier molecular flexibility index (Phi) is 3.34. The van der Waals surface area contributed by atoms with Crippen LogP contribution in [0.4, 0.5) is 26.3 Å². The fourth-order valence-corrected chi connectivity index (χ4v) is 1.75. The normalized spacial score (nSPS) is 13.4. The van der Waals surface area contributed by atoms with Crippen molar-refractivity contribution >= 4 is 11.2 Å². The van der Waals surface area contributed by atoms with Gasteiger partial charge in [-0.15, -0.1) is 0 Å². The number of H-pyrrole nitrogens is 1. The van der Waals surface area contributed by atoms with E-state index in [1.807, 2.05) is 0 Å². The molecule has 0 atom stereocenters. The van der Waals surface area contributed by atoms with Gasteiger partial charge in [-0.1, -0.05) is 0 Å². The summed E-state index contributed by atoms with van der Waals surface area (Å²) >= 11 is 0. The van der Waals surface area contributed by atoms with Gasteiger partial charge < -0.3 is 4.98 Å². The summed E-state index contributed by atoms with van der Waals surface area (Å²) in [6.45, 7) is 1.51. The summed E-state index contributed by atoms with van der Waals surface area (Å²) in [5, 5.41) is 0. The predicted octanol–water partition coefficient (Wildman–Crippen LogP) is 2.94. The molecule has 0 amide bonds. The van der Waals surface area contributed by atoms with Gasteiger partial charge in [-0.3, -0.25) is 0 Å². The number of hydrogen-bond acceptors (Lipinski definition) is 3. The molecule has 0 spiro atoms. The highest BCUT2D eigenvalue weighted by molar-refractivity contribution is 5.72. The summed E-state index contributed by atoms with van der Waals surface area (Å²) < 4.78 is 75.1. The Bertz CT molecular complexity index is 600. The summed E-state index contributed by atoms with van der Waals surface area (Å²) in [4.78, 5) is 13.6. The monoisotopic (exact) mass is 298 g/mol. The van der Waals surface area contributed by atoms with Gasteiger partial charge >= 0.3 is 12.4 Å². The lowest BCUT2D eigenvalue weighted by atomic mass is 10.0. The SMILES string of the molecule is Cc1nc2c(CC(C(F)(F)F)C(F)(F)F)ncnc2[nH]1. The molecule has 0 aromatic carbocycles. The molecule has 0 aliphatic heterocycles. The van der Waals surface area contributed by atoms with Gasteiger partial charge in [-0.2, -0.15) is 26.3 Å². The van der Waals surface area contributed by atoms with Crippen molar-refractivity contribution < 1.29 is 26.3 Å². The average Bonchev–Trinajstić information content (AvgIpc) is 2.63. The van der Waals surface area contributed by atoms with E-state index < -0.39 is 24.7 Å². The summed E-state index contributed by atoms with van der Waals surface area (Å²) in [5.41, 5.74) is -0.363. The van der Waals surface area contributed by atoms with Crippen LogP contribution in [0.15, 0.2) is 6.33 Å². The molecule has 2 aromatic heterocycles. The number of aromatic amines is 1. The van der Waals surface area contributed by atoms with Crippen molar-refractivity contribution in [2.45, 2.75) is 25.7 Å². The Balaban J connectivity index is 2.44. The summed E-state index contributed by atoms with van der Waals surface area (Å²) in [6.07, 6.45) is -11.2. The first-order chi connectivity index (χ1) is 9.09. The first kappa shape index (κ1) is 14.5. The molecule has 0 unspecified atom stereocenters. The van der Waals surface area contributed by atoms with Crippen molar-refractivity contribution in [1.82, 2.24) is 19.9 Å². The fraction of sp³-hybridized carbons (Fsp3) is 0.500. The second kappa shape index (κ2) is 4.60. The summed E-state index contributed by atoms with van der Waals surface area (Å²) in [7, 11) is 0. The van der Waals surface area contributed by atoms with Gasteiger partial charge in [0.2, 0.25) is 0 Å². The Morgan fingerprint density at radius 3 is 2.25 bits per heavy atom. The molecule has 0 saturated carbocycles. The van der Waals surface area contributed by atoms with Crippen molar-refractivity contribution in [1.29, 1.82) is 0 Å². The van der Waals surface area contributed by atoms with Crippen molar-refractivity contribution in [3.63, 3.8) is 0 Å². The molecule has 0 bridgehead atoms. The second-order valence-electron chi connectivity index (χ2n) is 4.18. The zero-order valence-corrected chi connectivity index (χ0v) is 9.97. The van der Waals surface area contributed by atoms with Gasteiger partial charge in [-0.25, -0.2) is 15.0 Å². The number of nitrogens with zero attached hydrogens (tertiary/aromatic N) is 3. The van der Waals surface area contributed by atoms with Gasteiger partial charge in [0.25, 0.3) is 0 Å². The molecule has 2 rings (SSSR count). The minimum absolute atomic E-state index is 0.0801. The summed E-state index contributed by atoms with van der Waals surface area (Å²) in [5.74, 6) is -3.15. The van der Waals surface area contributed by atoms with Crippen molar-refractivity contribution in [2.75, 3.05) is 0 Å². The topological polar surface area (TPSA) is 54.5 Å². The number of alkyl halides is 6. The standard InChI is InChI=1S/C10H8F6N4/c1-4-19-7-5(17-3-18-8(7)20-4)2-6(9(11,12)13)10(14,15)16/h3,6H,2H2,1H3,(H,17,18,19,20). The lowest BCUT2D eigenvalue weighted by Gasteiger charge is -2.22. The van der Waals surface area contributed by atoms with Crippen LogP contribution in [0.5, 0.6) is 0 Å². The van der Waals surface area contributed by atoms with Crippen molar-refractivity contribution in [3.8, 4) is 0 Å². The third kappa shape index (κ3) is 2.83. The molecule has 1 N–H and O–H groups in total. The molecule has 4 nitrogen and oxygen atoms in total. The molecular weight excluding hydrogens is 290 g/mol. The largest absolute Gasteiger partial charge is 0.400 e. The number of hydrogen-bond donors (Lipinski definition) is 1. The first-order valence-electron chi connectivity index (χ1n) is 5.38. The summed E-state index contributed by atoms with van der Waals surface area (Å²) in [6, 6.07) is 0. The predicted molar refractivity (Wildman–Crippen MR) is 55.7 cm³/mol. The van der Waals surface area contributed by atoms with Crippen molar-refractivity contribution in [2.24, 2.45) is 5.92 Å². The van der Waals surface area contributed by atoms with Gasteiger partial charge in [0.15, 0.2) is 11.6 Å². The molecule has 0 aliphatic carbocycles. The Morgan fingerprint density at radius 1 is 1.10 bits per heavy atom. The molecule has 0 radical (unpaired) electrons. The molecule has 110 valence electrons. The van der Waals surface area contributed by atoms with E-state index in [0.717, 1.165) is 6.33 Å². The van der Waals surface area contributed by atoms with Crippen LogP contribution >= 0.6 is 0 Å². The van der Waals surface area contributed by atoms with E-state index in [2.05, 4.69) is 19.9 Å². The molecular formula is C10H8F6N4. The van der Waals surface area contributed by atoms with E-state index in [1.54, 1.807) is 0 Å². The van der Waals surface area contributed by atoms with E-state index in [1.165, 1.54) is 6.92 Å². The highest BCUT2D eigenvalue weighted by Gasteiger charge is 2.56. The molecule has 0 aliphatic rings. The first-order valence-corrected chi connectivity index (χ1v) is 5.38. The quantitative estimate of drug-likeness (QED) is 0.867. The van der Waals surface area contributed by atoms with E-state index in [-0.39, 0.29) is 16.9 Å². The van der Waals surface area contributed by atoms with Gasteiger partial charge in [0.1, 0.15) is 17.7 Å². The number of imidazole rings is 1. The van der Waals surface area contributed by atoms with Crippen LogP contribution in [-0.4, -0.2) is 32.3 Å². The maximum absolute atomic E-state index is 12.5. The maximum atomic E-state index is 12.5. The molecule has 2 aromatic rings. The van der Waals surface area contributed by atoms with Crippen LogP contribution in [0, 0.1) is 12.8 Å². The molecule has 0 saturated heterocycles. The Labute approximate surface area is 108 Å². The highest BCUT2D eigenvalue weighted by Crippen LogP contribution is 2.41. The minimum Gasteiger partial charge on any atom is -0.327 e. The van der Waals surface area contributed by atoms with Crippen LogP contribution in [0.1, 0.15) is 11.5 Å². The smallest absolute Gasteiger partial charge is 0.327 e.